The third-order valence-corrected chi connectivity index (χ3v) is 22.5. The van der Waals surface area contributed by atoms with Gasteiger partial charge in [0.05, 0.1) is 50.4 Å². The fourth-order valence-electron chi connectivity index (χ4n) is 18.8. The molecule has 0 amide bonds. The van der Waals surface area contributed by atoms with Gasteiger partial charge in [-0.1, -0.05) is 255 Å². The predicted molar refractivity (Wildman–Crippen MR) is 406 cm³/mol. The fraction of sp³-hybridized carbons (Fsp3) is 0.0323. The van der Waals surface area contributed by atoms with Crippen molar-refractivity contribution in [3.05, 3.63) is 413 Å². The minimum Gasteiger partial charge on any atom is -0.294 e. The molecule has 9 heteroatoms. The minimum atomic E-state index is -0.584. The average Bonchev–Trinajstić information content (AvgIpc) is 1.47. The molecular weight excluding hydrogens is 1240 g/mol. The van der Waals surface area contributed by atoms with Crippen LogP contribution in [0, 0.1) is 0 Å². The predicted octanol–water partition coefficient (Wildman–Crippen LogP) is 21.5. The van der Waals surface area contributed by atoms with Gasteiger partial charge in [-0.15, -0.1) is 0 Å². The first kappa shape index (κ1) is 56.5. The summed E-state index contributed by atoms with van der Waals surface area (Å²) in [6.07, 6.45) is 5.64. The van der Waals surface area contributed by atoms with Crippen LogP contribution in [0.2, 0.25) is 0 Å². The summed E-state index contributed by atoms with van der Waals surface area (Å²) in [4.78, 5) is 39.5. The molecule has 13 aromatic carbocycles. The van der Waals surface area contributed by atoms with Gasteiger partial charge in [0.1, 0.15) is 17.5 Å². The van der Waals surface area contributed by atoms with Crippen molar-refractivity contribution in [2.75, 3.05) is 14.7 Å². The van der Waals surface area contributed by atoms with Crippen molar-refractivity contribution in [2.45, 2.75) is 16.2 Å². The van der Waals surface area contributed by atoms with E-state index in [1.165, 1.54) is 100 Å². The van der Waals surface area contributed by atoms with Gasteiger partial charge in [0, 0.05) is 35.3 Å². The SMILES string of the molecule is c1ccc2c(c1)-c1ccccc1C21c2ccccc2N(c2ccnc(-c3cc(-c4nccc(N5c6ccccc6C6(c7ccccc7-c7ccccc76)c6ccccc65)n4)cc(-c4nccc(N5c6ccccc6C6(c7ccccc7-c7ccccc76)c6ccccc65)n4)c3)n2)c2ccccc21. The van der Waals surface area contributed by atoms with Crippen LogP contribution in [0.5, 0.6) is 0 Å². The number of rotatable bonds is 6. The van der Waals surface area contributed by atoms with Crippen molar-refractivity contribution in [3.63, 3.8) is 0 Å². The van der Waals surface area contributed by atoms with E-state index in [2.05, 4.69) is 324 Å². The van der Waals surface area contributed by atoms with Crippen LogP contribution in [0.25, 0.3) is 67.5 Å². The summed E-state index contributed by atoms with van der Waals surface area (Å²) in [5.41, 5.74) is 28.9. The molecule has 102 heavy (non-hydrogen) atoms. The molecule has 9 nitrogen and oxygen atoms in total. The summed E-state index contributed by atoms with van der Waals surface area (Å²) in [6, 6.07) is 119. The van der Waals surface area contributed by atoms with E-state index in [1.807, 2.05) is 36.8 Å². The molecule has 3 aliphatic carbocycles. The Morgan fingerprint density at radius 2 is 0.363 bits per heavy atom. The normalized spacial score (nSPS) is 14.6. The van der Waals surface area contributed by atoms with Gasteiger partial charge in [-0.2, -0.15) is 0 Å². The third-order valence-electron chi connectivity index (χ3n) is 22.5. The van der Waals surface area contributed by atoms with Gasteiger partial charge in [0.2, 0.25) is 0 Å². The number of hydrogen-bond donors (Lipinski definition) is 0. The molecule has 16 aromatic rings. The largest absolute Gasteiger partial charge is 0.294 e. The molecule has 0 radical (unpaired) electrons. The Hall–Kier alpha value is -13.5. The third kappa shape index (κ3) is 7.39. The summed E-state index contributed by atoms with van der Waals surface area (Å²) in [5.74, 6) is 3.70. The van der Waals surface area contributed by atoms with E-state index in [1.54, 1.807) is 0 Å². The van der Waals surface area contributed by atoms with Gasteiger partial charge in [0.25, 0.3) is 0 Å². The van der Waals surface area contributed by atoms with Gasteiger partial charge < -0.3 is 0 Å². The Morgan fingerprint density at radius 1 is 0.186 bits per heavy atom. The smallest absolute Gasteiger partial charge is 0.161 e. The maximum atomic E-state index is 5.67. The Kier molecular flexibility index (Phi) is 11.8. The van der Waals surface area contributed by atoms with Crippen LogP contribution >= 0.6 is 0 Å². The van der Waals surface area contributed by atoms with E-state index in [9.17, 15) is 0 Å². The quantitative estimate of drug-likeness (QED) is 0.162. The van der Waals surface area contributed by atoms with Crippen LogP contribution in [-0.2, 0) is 16.2 Å². The van der Waals surface area contributed by atoms with Crippen LogP contribution in [-0.4, -0.2) is 29.9 Å². The second kappa shape index (κ2) is 21.3. The van der Waals surface area contributed by atoms with E-state index in [-0.39, 0.29) is 0 Å². The number of para-hydroxylation sites is 6. The number of fused-ring (bicyclic) bond motifs is 27. The number of aromatic nitrogens is 6. The van der Waals surface area contributed by atoms with Crippen molar-refractivity contribution in [1.29, 1.82) is 0 Å². The highest BCUT2D eigenvalue weighted by Gasteiger charge is 2.55. The van der Waals surface area contributed by atoms with Crippen LogP contribution in [0.3, 0.4) is 0 Å². The highest BCUT2D eigenvalue weighted by atomic mass is 15.2. The summed E-state index contributed by atoms with van der Waals surface area (Å²) < 4.78 is 0. The molecule has 474 valence electrons. The average molecular weight is 1300 g/mol. The first-order valence-electron chi connectivity index (χ1n) is 34.8. The molecule has 6 aliphatic rings. The lowest BCUT2D eigenvalue weighted by Crippen LogP contribution is -2.36. The topological polar surface area (TPSA) is 87.1 Å². The van der Waals surface area contributed by atoms with Crippen LogP contribution in [0.15, 0.2) is 346 Å². The van der Waals surface area contributed by atoms with E-state index in [0.29, 0.717) is 17.5 Å². The first-order valence-corrected chi connectivity index (χ1v) is 34.8. The molecule has 6 heterocycles. The van der Waals surface area contributed by atoms with Crippen molar-refractivity contribution in [2.24, 2.45) is 0 Å². The van der Waals surface area contributed by atoms with Crippen molar-refractivity contribution in [3.8, 4) is 67.5 Å². The Balaban J connectivity index is 0.726. The molecule has 0 atom stereocenters. The van der Waals surface area contributed by atoms with Crippen LogP contribution < -0.4 is 14.7 Å². The minimum absolute atomic E-state index is 0.511. The molecule has 0 N–H and O–H groups in total. The molecule has 0 fully saturated rings. The molecule has 0 saturated heterocycles. The maximum absolute atomic E-state index is 5.67. The zero-order valence-electron chi connectivity index (χ0n) is 54.9. The van der Waals surface area contributed by atoms with Crippen LogP contribution in [0.4, 0.5) is 51.6 Å². The molecule has 3 aliphatic heterocycles. The number of nitrogens with zero attached hydrogens (tertiary/aromatic N) is 9. The van der Waals surface area contributed by atoms with Crippen molar-refractivity contribution in [1.82, 2.24) is 29.9 Å². The van der Waals surface area contributed by atoms with Crippen molar-refractivity contribution < 1.29 is 0 Å². The second-order valence-corrected chi connectivity index (χ2v) is 27.1. The van der Waals surface area contributed by atoms with Gasteiger partial charge >= 0.3 is 0 Å². The summed E-state index contributed by atoms with van der Waals surface area (Å²) >= 11 is 0. The Bertz CT molecular complexity index is 5360. The maximum Gasteiger partial charge on any atom is 0.161 e. The van der Waals surface area contributed by atoms with Gasteiger partial charge in [-0.3, -0.25) is 14.7 Å². The fourth-order valence-corrected chi connectivity index (χ4v) is 18.8. The summed E-state index contributed by atoms with van der Waals surface area (Å²) in [7, 11) is 0. The van der Waals surface area contributed by atoms with Crippen LogP contribution in [0.1, 0.15) is 66.8 Å². The lowest BCUT2D eigenvalue weighted by Gasteiger charge is -2.44. The summed E-state index contributed by atoms with van der Waals surface area (Å²) in [5, 5.41) is 0. The first-order chi connectivity index (χ1) is 50.6. The molecule has 3 aromatic heterocycles. The number of hydrogen-bond acceptors (Lipinski definition) is 9. The van der Waals surface area contributed by atoms with Gasteiger partial charge in [0.15, 0.2) is 17.5 Å². The lowest BCUT2D eigenvalue weighted by atomic mass is 9.65. The van der Waals surface area contributed by atoms with E-state index < -0.39 is 16.2 Å². The molecule has 0 unspecified atom stereocenters. The standard InChI is InChI=1S/C93H57N9/c1-7-31-67-61(25-1)62-26-2-8-32-68(62)91(67)73-37-13-19-43-79(73)100(80-44-20-14-38-74(80)91)85-49-52-94-88(97-85)58-55-59(89-95-53-50-86(98-89)101-81-45-21-15-39-75(81)92(76-40-16-22-46-82(76)101)69-33-9-3-27-63(69)64-28-4-10-34-70(64)92)57-60(56-58)90-96-54-51-87(99-90)102-83-47-23-17-41-77(83)93(78-42-18-24-48-84(78)102)71-35-11-5-29-65(71)66-30-6-12-36-72(66)93/h1-57H. The van der Waals surface area contributed by atoms with E-state index >= 15 is 0 Å². The highest BCUT2D eigenvalue weighted by molar-refractivity contribution is 6.00. The number of benzene rings is 13. The monoisotopic (exact) mass is 1300 g/mol. The molecule has 3 spiro atoms. The Morgan fingerprint density at radius 3 is 0.569 bits per heavy atom. The zero-order chi connectivity index (χ0) is 66.8. The molecule has 22 rings (SSSR count). The second-order valence-electron chi connectivity index (χ2n) is 27.1. The lowest BCUT2D eigenvalue weighted by molar-refractivity contribution is 0.751. The summed E-state index contributed by atoms with van der Waals surface area (Å²) in [6.45, 7) is 0. The highest BCUT2D eigenvalue weighted by Crippen LogP contribution is 2.67. The molecule has 0 saturated carbocycles. The zero-order valence-corrected chi connectivity index (χ0v) is 54.9. The van der Waals surface area contributed by atoms with Gasteiger partial charge in [-0.05, 0) is 173 Å². The van der Waals surface area contributed by atoms with E-state index in [4.69, 9.17) is 29.9 Å². The Labute approximate surface area is 589 Å². The van der Waals surface area contributed by atoms with Crippen molar-refractivity contribution >= 4 is 51.6 Å². The van der Waals surface area contributed by atoms with Gasteiger partial charge in [-0.25, -0.2) is 29.9 Å². The molecule has 0 bridgehead atoms. The number of anilines is 9. The van der Waals surface area contributed by atoms with E-state index in [0.717, 1.165) is 68.3 Å². The molecular formula is C93H57N9.